The molecule has 0 aliphatic carbocycles. The molecule has 0 saturated carbocycles. The van der Waals surface area contributed by atoms with E-state index >= 15 is 0 Å². The first-order chi connectivity index (χ1) is 14.9. The van der Waals surface area contributed by atoms with Crippen molar-refractivity contribution >= 4 is 5.91 Å². The molecule has 2 heterocycles. The topological polar surface area (TPSA) is 75.4 Å². The predicted molar refractivity (Wildman–Crippen MR) is 119 cm³/mol. The molecular formula is C25H27N3O3. The fraction of sp³-hybridized carbons (Fsp3) is 0.320. The van der Waals surface area contributed by atoms with Crippen molar-refractivity contribution in [2.75, 3.05) is 6.54 Å². The van der Waals surface area contributed by atoms with Gasteiger partial charge in [-0.05, 0) is 25.0 Å². The zero-order valence-corrected chi connectivity index (χ0v) is 18.0. The predicted octanol–water partition coefficient (Wildman–Crippen LogP) is 3.75. The van der Waals surface area contributed by atoms with Crippen LogP contribution in [0.2, 0.25) is 0 Å². The molecule has 3 aromatic rings. The summed E-state index contributed by atoms with van der Waals surface area (Å²) in [6, 6.07) is 20.0. The smallest absolute Gasteiger partial charge is 0.315 e. The maximum Gasteiger partial charge on any atom is 0.315 e. The van der Waals surface area contributed by atoms with Crippen LogP contribution < -0.4 is 5.56 Å². The number of aromatic hydroxyl groups is 1. The monoisotopic (exact) mass is 417 g/mol. The average molecular weight is 418 g/mol. The van der Waals surface area contributed by atoms with Gasteiger partial charge in [0.05, 0.1) is 6.04 Å². The van der Waals surface area contributed by atoms with Gasteiger partial charge in [0.1, 0.15) is 5.82 Å². The maximum absolute atomic E-state index is 13.3. The molecule has 4 rings (SSSR count). The second kappa shape index (κ2) is 8.38. The number of aryl methyl sites for hydroxylation is 1. The molecule has 0 bridgehead atoms. The standard InChI is InChI=1S/C25H27N3O3/c1-4-20-26-24(30)23(29)22-25(31)27(16(2)3)15-19(28(20)22)21(17-11-7-5-8-12-17)18-13-9-6-10-14-18/h5-14,16,19,21,29H,4,15H2,1-3H3/t19-/m1/s1. The summed E-state index contributed by atoms with van der Waals surface area (Å²) in [5.74, 6) is -0.490. The number of nitrogens with zero attached hydrogens (tertiary/aromatic N) is 3. The number of carbonyl (C=O) groups is 1. The maximum atomic E-state index is 13.3. The molecule has 160 valence electrons. The summed E-state index contributed by atoms with van der Waals surface area (Å²) in [4.78, 5) is 31.5. The Labute approximate surface area is 181 Å². The average Bonchev–Trinajstić information content (AvgIpc) is 2.78. The van der Waals surface area contributed by atoms with Crippen molar-refractivity contribution in [3.8, 4) is 5.75 Å². The van der Waals surface area contributed by atoms with E-state index in [0.717, 1.165) is 11.1 Å². The van der Waals surface area contributed by atoms with Gasteiger partial charge in [-0.3, -0.25) is 9.59 Å². The van der Waals surface area contributed by atoms with Crippen molar-refractivity contribution in [1.82, 2.24) is 14.5 Å². The molecule has 6 nitrogen and oxygen atoms in total. The molecule has 1 aliphatic heterocycles. The van der Waals surface area contributed by atoms with Gasteiger partial charge in [-0.2, -0.15) is 4.98 Å². The SMILES string of the molecule is CCc1nc(=O)c(O)c2n1[C@@H](C(c1ccccc1)c1ccccc1)CN(C(C)C)C2=O. The van der Waals surface area contributed by atoms with E-state index in [-0.39, 0.29) is 29.6 Å². The molecule has 0 unspecified atom stereocenters. The van der Waals surface area contributed by atoms with Crippen molar-refractivity contribution in [2.24, 2.45) is 0 Å². The highest BCUT2D eigenvalue weighted by Crippen LogP contribution is 2.40. The van der Waals surface area contributed by atoms with Crippen LogP contribution in [0.1, 0.15) is 60.2 Å². The third-order valence-electron chi connectivity index (χ3n) is 6.00. The van der Waals surface area contributed by atoms with Crippen LogP contribution in [0.25, 0.3) is 0 Å². The summed E-state index contributed by atoms with van der Waals surface area (Å²) < 4.78 is 1.81. The van der Waals surface area contributed by atoms with Crippen molar-refractivity contribution in [3.05, 3.63) is 93.7 Å². The number of carbonyl (C=O) groups excluding carboxylic acids is 1. The van der Waals surface area contributed by atoms with Crippen LogP contribution in [0, 0.1) is 0 Å². The first-order valence-corrected chi connectivity index (χ1v) is 10.7. The molecular weight excluding hydrogens is 390 g/mol. The molecule has 0 radical (unpaired) electrons. The molecule has 2 aromatic carbocycles. The van der Waals surface area contributed by atoms with E-state index in [1.54, 1.807) is 4.90 Å². The summed E-state index contributed by atoms with van der Waals surface area (Å²) in [6.45, 7) is 6.25. The Morgan fingerprint density at radius 3 is 2.03 bits per heavy atom. The molecule has 1 aromatic heterocycles. The fourth-order valence-corrected chi connectivity index (χ4v) is 4.54. The van der Waals surface area contributed by atoms with Gasteiger partial charge in [0, 0.05) is 24.9 Å². The molecule has 1 atom stereocenters. The number of hydrogen-bond donors (Lipinski definition) is 1. The minimum atomic E-state index is -0.753. The molecule has 0 spiro atoms. The molecule has 1 N–H and O–H groups in total. The number of rotatable bonds is 5. The van der Waals surface area contributed by atoms with E-state index in [2.05, 4.69) is 29.2 Å². The highest BCUT2D eigenvalue weighted by atomic mass is 16.3. The minimum Gasteiger partial charge on any atom is -0.501 e. The van der Waals surface area contributed by atoms with Gasteiger partial charge in [-0.15, -0.1) is 0 Å². The Kier molecular flexibility index (Phi) is 5.63. The first kappa shape index (κ1) is 20.8. The Bertz CT molecular complexity index is 1100. The van der Waals surface area contributed by atoms with Crippen LogP contribution in [0.3, 0.4) is 0 Å². The lowest BCUT2D eigenvalue weighted by Gasteiger charge is -2.42. The quantitative estimate of drug-likeness (QED) is 0.686. The highest BCUT2D eigenvalue weighted by molar-refractivity contribution is 5.96. The summed E-state index contributed by atoms with van der Waals surface area (Å²) >= 11 is 0. The van der Waals surface area contributed by atoms with Crippen LogP contribution in [0.4, 0.5) is 0 Å². The first-order valence-electron chi connectivity index (χ1n) is 10.7. The fourth-order valence-electron chi connectivity index (χ4n) is 4.54. The summed E-state index contributed by atoms with van der Waals surface area (Å²) in [6.07, 6.45) is 0.476. The summed E-state index contributed by atoms with van der Waals surface area (Å²) in [7, 11) is 0. The van der Waals surface area contributed by atoms with Gasteiger partial charge >= 0.3 is 5.56 Å². The minimum absolute atomic E-state index is 0.0404. The number of hydrogen-bond acceptors (Lipinski definition) is 4. The van der Waals surface area contributed by atoms with E-state index in [1.807, 2.05) is 61.7 Å². The van der Waals surface area contributed by atoms with Gasteiger partial charge in [-0.1, -0.05) is 67.6 Å². The van der Waals surface area contributed by atoms with Gasteiger partial charge in [0.25, 0.3) is 5.91 Å². The van der Waals surface area contributed by atoms with Crippen LogP contribution in [-0.2, 0) is 6.42 Å². The van der Waals surface area contributed by atoms with Crippen LogP contribution in [0.5, 0.6) is 5.75 Å². The summed E-state index contributed by atoms with van der Waals surface area (Å²) in [5.41, 5.74) is 1.49. The van der Waals surface area contributed by atoms with Crippen LogP contribution in [-0.4, -0.2) is 38.1 Å². The third-order valence-corrected chi connectivity index (χ3v) is 6.00. The van der Waals surface area contributed by atoms with E-state index < -0.39 is 11.3 Å². The Morgan fingerprint density at radius 1 is 1.00 bits per heavy atom. The second-order valence-corrected chi connectivity index (χ2v) is 8.17. The zero-order valence-electron chi connectivity index (χ0n) is 18.0. The van der Waals surface area contributed by atoms with Crippen molar-refractivity contribution in [3.63, 3.8) is 0 Å². The van der Waals surface area contributed by atoms with E-state index in [0.29, 0.717) is 18.8 Å². The van der Waals surface area contributed by atoms with Crippen LogP contribution in [0.15, 0.2) is 65.5 Å². The molecule has 0 fully saturated rings. The lowest BCUT2D eigenvalue weighted by Crippen LogP contribution is -2.50. The van der Waals surface area contributed by atoms with Crippen LogP contribution >= 0.6 is 0 Å². The molecule has 6 heteroatoms. The largest absolute Gasteiger partial charge is 0.501 e. The van der Waals surface area contributed by atoms with Gasteiger partial charge in [0.15, 0.2) is 5.69 Å². The lowest BCUT2D eigenvalue weighted by atomic mass is 9.83. The summed E-state index contributed by atoms with van der Waals surface area (Å²) in [5, 5.41) is 10.6. The molecule has 31 heavy (non-hydrogen) atoms. The van der Waals surface area contributed by atoms with Gasteiger partial charge < -0.3 is 14.6 Å². The molecule has 1 aliphatic rings. The highest BCUT2D eigenvalue weighted by Gasteiger charge is 2.41. The second-order valence-electron chi connectivity index (χ2n) is 8.17. The Morgan fingerprint density at radius 2 is 1.55 bits per heavy atom. The normalized spacial score (nSPS) is 16.1. The van der Waals surface area contributed by atoms with E-state index in [4.69, 9.17) is 0 Å². The van der Waals surface area contributed by atoms with Crippen molar-refractivity contribution in [1.29, 1.82) is 0 Å². The van der Waals surface area contributed by atoms with E-state index in [9.17, 15) is 14.7 Å². The molecule has 1 amide bonds. The number of benzene rings is 2. The molecule has 0 saturated heterocycles. The van der Waals surface area contributed by atoms with Gasteiger partial charge in [0.2, 0.25) is 5.75 Å². The van der Waals surface area contributed by atoms with Crippen molar-refractivity contribution < 1.29 is 9.90 Å². The van der Waals surface area contributed by atoms with Gasteiger partial charge in [-0.25, -0.2) is 0 Å². The zero-order chi connectivity index (χ0) is 22.1. The number of amides is 1. The number of aromatic nitrogens is 2. The van der Waals surface area contributed by atoms with E-state index in [1.165, 1.54) is 0 Å². The van der Waals surface area contributed by atoms with Crippen molar-refractivity contribution in [2.45, 2.75) is 45.2 Å². The third kappa shape index (κ3) is 3.63. The lowest BCUT2D eigenvalue weighted by molar-refractivity contribution is 0.0581. The Balaban J connectivity index is 2.02. The number of fused-ring (bicyclic) bond motifs is 1. The Hall–Kier alpha value is -3.41.